The van der Waals surface area contributed by atoms with Gasteiger partial charge in [-0.2, -0.15) is 5.10 Å². The van der Waals surface area contributed by atoms with Crippen LogP contribution in [0.25, 0.3) is 0 Å². The SMILES string of the molecule is CCNc1cc(S(=O)(=O)NCc2ncn(C)n2)ccn1. The van der Waals surface area contributed by atoms with Crippen LogP contribution >= 0.6 is 0 Å². The van der Waals surface area contributed by atoms with Crippen molar-refractivity contribution in [3.63, 3.8) is 0 Å². The third kappa shape index (κ3) is 3.52. The first kappa shape index (κ1) is 14.4. The number of hydrogen-bond acceptors (Lipinski definition) is 6. The van der Waals surface area contributed by atoms with Gasteiger partial charge in [0, 0.05) is 25.9 Å². The van der Waals surface area contributed by atoms with E-state index in [-0.39, 0.29) is 11.4 Å². The first-order valence-corrected chi connectivity index (χ1v) is 7.53. The van der Waals surface area contributed by atoms with Gasteiger partial charge < -0.3 is 5.32 Å². The van der Waals surface area contributed by atoms with E-state index in [0.717, 1.165) is 0 Å². The largest absolute Gasteiger partial charge is 0.370 e. The number of aryl methyl sites for hydroxylation is 1. The van der Waals surface area contributed by atoms with Crippen molar-refractivity contribution in [2.45, 2.75) is 18.4 Å². The number of sulfonamides is 1. The monoisotopic (exact) mass is 296 g/mol. The molecule has 0 spiro atoms. The van der Waals surface area contributed by atoms with Crippen molar-refractivity contribution in [2.24, 2.45) is 7.05 Å². The molecule has 0 saturated heterocycles. The van der Waals surface area contributed by atoms with Crippen LogP contribution in [0.1, 0.15) is 12.7 Å². The smallest absolute Gasteiger partial charge is 0.241 e. The van der Waals surface area contributed by atoms with E-state index in [1.165, 1.54) is 29.3 Å². The fourth-order valence-corrected chi connectivity index (χ4v) is 2.56. The van der Waals surface area contributed by atoms with Crippen LogP contribution in [0.15, 0.2) is 29.6 Å². The van der Waals surface area contributed by atoms with Gasteiger partial charge in [0.15, 0.2) is 5.82 Å². The molecule has 0 aromatic carbocycles. The molecule has 0 saturated carbocycles. The van der Waals surface area contributed by atoms with Crippen LogP contribution in [0.4, 0.5) is 5.82 Å². The van der Waals surface area contributed by atoms with Crippen molar-refractivity contribution >= 4 is 15.8 Å². The van der Waals surface area contributed by atoms with E-state index in [1.54, 1.807) is 7.05 Å². The highest BCUT2D eigenvalue weighted by Gasteiger charge is 2.15. The second-order valence-electron chi connectivity index (χ2n) is 4.07. The van der Waals surface area contributed by atoms with Crippen molar-refractivity contribution in [3.05, 3.63) is 30.5 Å². The van der Waals surface area contributed by atoms with Crippen molar-refractivity contribution in [2.75, 3.05) is 11.9 Å². The first-order valence-electron chi connectivity index (χ1n) is 6.05. The predicted molar refractivity (Wildman–Crippen MR) is 73.4 cm³/mol. The molecule has 2 heterocycles. The Morgan fingerprint density at radius 2 is 2.15 bits per heavy atom. The highest BCUT2D eigenvalue weighted by molar-refractivity contribution is 7.89. The summed E-state index contributed by atoms with van der Waals surface area (Å²) < 4.78 is 28.2. The van der Waals surface area contributed by atoms with Gasteiger partial charge in [-0.25, -0.2) is 23.1 Å². The number of rotatable bonds is 6. The standard InChI is InChI=1S/C11H16N6O2S/c1-3-12-10-6-9(4-5-13-10)20(18,19)15-7-11-14-8-17(2)16-11/h4-6,8,15H,3,7H2,1-2H3,(H,12,13). The third-order valence-corrected chi connectivity index (χ3v) is 3.87. The van der Waals surface area contributed by atoms with Crippen molar-refractivity contribution < 1.29 is 8.42 Å². The molecule has 0 atom stereocenters. The fourth-order valence-electron chi connectivity index (χ4n) is 1.56. The maximum Gasteiger partial charge on any atom is 0.241 e. The van der Waals surface area contributed by atoms with Gasteiger partial charge in [-0.05, 0) is 13.0 Å². The minimum Gasteiger partial charge on any atom is -0.370 e. The maximum atomic E-state index is 12.1. The number of pyridine rings is 1. The van der Waals surface area contributed by atoms with E-state index in [2.05, 4.69) is 25.1 Å². The quantitative estimate of drug-likeness (QED) is 0.785. The van der Waals surface area contributed by atoms with Gasteiger partial charge in [0.1, 0.15) is 12.1 Å². The zero-order valence-electron chi connectivity index (χ0n) is 11.2. The summed E-state index contributed by atoms with van der Waals surface area (Å²) in [7, 11) is -1.89. The van der Waals surface area contributed by atoms with Gasteiger partial charge in [0.25, 0.3) is 0 Å². The Kier molecular flexibility index (Phi) is 4.30. The lowest BCUT2D eigenvalue weighted by Gasteiger charge is -2.07. The van der Waals surface area contributed by atoms with E-state index in [9.17, 15) is 8.42 Å². The van der Waals surface area contributed by atoms with E-state index in [1.807, 2.05) is 6.92 Å². The molecule has 0 aliphatic heterocycles. The number of nitrogens with zero attached hydrogens (tertiary/aromatic N) is 4. The number of aromatic nitrogens is 4. The normalized spacial score (nSPS) is 11.5. The summed E-state index contributed by atoms with van der Waals surface area (Å²) in [5.74, 6) is 0.934. The van der Waals surface area contributed by atoms with Crippen LogP contribution in [0.3, 0.4) is 0 Å². The summed E-state index contributed by atoms with van der Waals surface area (Å²) in [5, 5.41) is 6.97. The Bertz CT molecular complexity index is 682. The highest BCUT2D eigenvalue weighted by atomic mass is 32.2. The molecule has 20 heavy (non-hydrogen) atoms. The van der Waals surface area contributed by atoms with E-state index >= 15 is 0 Å². The molecule has 0 bridgehead atoms. The van der Waals surface area contributed by atoms with E-state index in [4.69, 9.17) is 0 Å². The highest BCUT2D eigenvalue weighted by Crippen LogP contribution is 2.12. The zero-order chi connectivity index (χ0) is 14.6. The summed E-state index contributed by atoms with van der Waals surface area (Å²) in [6, 6.07) is 2.92. The van der Waals surface area contributed by atoms with Gasteiger partial charge in [0.2, 0.25) is 10.0 Å². The summed E-state index contributed by atoms with van der Waals surface area (Å²) in [6.07, 6.45) is 2.96. The molecular formula is C11H16N6O2S. The van der Waals surface area contributed by atoms with Gasteiger partial charge in [-0.3, -0.25) is 4.68 Å². The van der Waals surface area contributed by atoms with Gasteiger partial charge >= 0.3 is 0 Å². The number of anilines is 1. The molecule has 2 aromatic heterocycles. The lowest BCUT2D eigenvalue weighted by molar-refractivity contribution is 0.578. The Morgan fingerprint density at radius 3 is 2.80 bits per heavy atom. The van der Waals surface area contributed by atoms with Crippen LogP contribution in [0.5, 0.6) is 0 Å². The summed E-state index contributed by atoms with van der Waals surface area (Å²) in [4.78, 5) is 8.14. The van der Waals surface area contributed by atoms with Crippen LogP contribution in [-0.4, -0.2) is 34.7 Å². The summed E-state index contributed by atoms with van der Waals surface area (Å²) in [6.45, 7) is 2.62. The minimum atomic E-state index is -3.61. The summed E-state index contributed by atoms with van der Waals surface area (Å²) in [5.41, 5.74) is 0. The average molecular weight is 296 g/mol. The Morgan fingerprint density at radius 1 is 1.35 bits per heavy atom. The van der Waals surface area contributed by atoms with Gasteiger partial charge in [0.05, 0.1) is 11.4 Å². The molecule has 2 N–H and O–H groups in total. The molecule has 0 fully saturated rings. The van der Waals surface area contributed by atoms with Crippen LogP contribution in [0.2, 0.25) is 0 Å². The lowest BCUT2D eigenvalue weighted by Crippen LogP contribution is -2.24. The molecule has 0 radical (unpaired) electrons. The van der Waals surface area contributed by atoms with Crippen LogP contribution < -0.4 is 10.0 Å². The second-order valence-corrected chi connectivity index (χ2v) is 5.83. The molecule has 8 nitrogen and oxygen atoms in total. The average Bonchev–Trinajstić information content (AvgIpc) is 2.83. The molecular weight excluding hydrogens is 280 g/mol. The third-order valence-electron chi connectivity index (χ3n) is 2.47. The van der Waals surface area contributed by atoms with Gasteiger partial charge in [-0.15, -0.1) is 0 Å². The zero-order valence-corrected chi connectivity index (χ0v) is 12.1. The molecule has 0 aliphatic carbocycles. The summed E-state index contributed by atoms with van der Waals surface area (Å²) >= 11 is 0. The topological polar surface area (TPSA) is 102 Å². The molecule has 9 heteroatoms. The van der Waals surface area contributed by atoms with E-state index in [0.29, 0.717) is 18.2 Å². The second kappa shape index (κ2) is 5.97. The fraction of sp³-hybridized carbons (Fsp3) is 0.364. The molecule has 0 aliphatic rings. The van der Waals surface area contributed by atoms with Crippen LogP contribution in [0, 0.1) is 0 Å². The maximum absolute atomic E-state index is 12.1. The molecule has 0 unspecified atom stereocenters. The van der Waals surface area contributed by atoms with Crippen molar-refractivity contribution in [1.29, 1.82) is 0 Å². The molecule has 2 aromatic rings. The number of nitrogens with one attached hydrogen (secondary N) is 2. The van der Waals surface area contributed by atoms with Crippen molar-refractivity contribution in [3.8, 4) is 0 Å². The van der Waals surface area contributed by atoms with E-state index < -0.39 is 10.0 Å². The minimum absolute atomic E-state index is 0.0437. The Balaban J connectivity index is 2.11. The Labute approximate surface area is 117 Å². The first-order chi connectivity index (χ1) is 9.51. The Hall–Kier alpha value is -2.00. The lowest BCUT2D eigenvalue weighted by atomic mass is 10.4. The molecule has 2 rings (SSSR count). The predicted octanol–water partition coefficient (Wildman–Crippen LogP) is 0.120. The van der Waals surface area contributed by atoms with Crippen molar-refractivity contribution in [1.82, 2.24) is 24.5 Å². The molecule has 108 valence electrons. The van der Waals surface area contributed by atoms with Gasteiger partial charge in [-0.1, -0.05) is 0 Å². The number of hydrogen-bond donors (Lipinski definition) is 2. The molecule has 0 amide bonds. The van der Waals surface area contributed by atoms with Crippen LogP contribution in [-0.2, 0) is 23.6 Å².